The first kappa shape index (κ1) is 16.7. The van der Waals surface area contributed by atoms with Gasteiger partial charge >= 0.3 is 0 Å². The Bertz CT molecular complexity index is 811. The Morgan fingerprint density at radius 3 is 2.46 bits per heavy atom. The monoisotopic (exact) mass is 354 g/mol. The smallest absolute Gasteiger partial charge is 0.257 e. The summed E-state index contributed by atoms with van der Waals surface area (Å²) in [5.74, 6) is -0.134. The van der Waals surface area contributed by atoms with Crippen LogP contribution in [0.3, 0.4) is 0 Å². The number of aromatic nitrogens is 1. The van der Waals surface area contributed by atoms with E-state index in [9.17, 15) is 4.79 Å². The number of nitrogens with zero attached hydrogens (tertiary/aromatic N) is 1. The highest BCUT2D eigenvalue weighted by molar-refractivity contribution is 7.99. The highest BCUT2D eigenvalue weighted by Crippen LogP contribution is 2.26. The van der Waals surface area contributed by atoms with Crippen molar-refractivity contribution >= 4 is 34.1 Å². The zero-order chi connectivity index (χ0) is 16.9. The number of rotatable bonds is 5. The van der Waals surface area contributed by atoms with Gasteiger partial charge in [-0.05, 0) is 24.3 Å². The van der Waals surface area contributed by atoms with Crippen LogP contribution in [0.15, 0.2) is 64.9 Å². The normalized spacial score (nSPS) is 10.8. The fourth-order valence-corrected chi connectivity index (χ4v) is 3.75. The van der Waals surface area contributed by atoms with Crippen LogP contribution in [0.5, 0.6) is 0 Å². The molecular weight excluding hydrogens is 336 g/mol. The Kier molecular flexibility index (Phi) is 5.33. The zero-order valence-electron chi connectivity index (χ0n) is 13.5. The first-order valence-corrected chi connectivity index (χ1v) is 9.47. The summed E-state index contributed by atoms with van der Waals surface area (Å²) < 4.78 is 0. The van der Waals surface area contributed by atoms with Gasteiger partial charge in [-0.15, -0.1) is 23.1 Å². The van der Waals surface area contributed by atoms with Gasteiger partial charge in [0.15, 0.2) is 5.13 Å². The molecule has 0 fully saturated rings. The predicted molar refractivity (Wildman–Crippen MR) is 103 cm³/mol. The molecule has 0 radical (unpaired) electrons. The molecule has 0 spiro atoms. The van der Waals surface area contributed by atoms with E-state index in [0.717, 1.165) is 11.3 Å². The zero-order valence-corrected chi connectivity index (χ0v) is 15.2. The van der Waals surface area contributed by atoms with Gasteiger partial charge in [0, 0.05) is 26.7 Å². The van der Waals surface area contributed by atoms with Crippen molar-refractivity contribution < 1.29 is 4.79 Å². The van der Waals surface area contributed by atoms with E-state index in [0.29, 0.717) is 15.9 Å². The van der Waals surface area contributed by atoms with Crippen LogP contribution in [0, 0.1) is 0 Å². The van der Waals surface area contributed by atoms with Crippen LogP contribution in [0.4, 0.5) is 5.13 Å². The SMILES string of the molecule is CC(C)Sc1ccc(C(=O)Nc2nc(-c3ccccc3)cs2)cc1. The molecule has 1 N–H and O–H groups in total. The first-order chi connectivity index (χ1) is 11.6. The summed E-state index contributed by atoms with van der Waals surface area (Å²) in [4.78, 5) is 18.0. The molecule has 1 amide bonds. The van der Waals surface area contributed by atoms with Gasteiger partial charge in [-0.1, -0.05) is 44.2 Å². The van der Waals surface area contributed by atoms with E-state index in [-0.39, 0.29) is 5.91 Å². The molecule has 0 bridgehead atoms. The summed E-state index contributed by atoms with van der Waals surface area (Å²) in [6, 6.07) is 17.6. The quantitative estimate of drug-likeness (QED) is 0.610. The molecule has 0 aliphatic heterocycles. The van der Waals surface area contributed by atoms with E-state index in [4.69, 9.17) is 0 Å². The maximum absolute atomic E-state index is 12.3. The van der Waals surface area contributed by atoms with Crippen LogP contribution in [-0.2, 0) is 0 Å². The Labute approximate surface area is 150 Å². The van der Waals surface area contributed by atoms with Gasteiger partial charge < -0.3 is 0 Å². The van der Waals surface area contributed by atoms with Crippen LogP contribution in [0.2, 0.25) is 0 Å². The fraction of sp³-hybridized carbons (Fsp3) is 0.158. The minimum Gasteiger partial charge on any atom is -0.298 e. The highest BCUT2D eigenvalue weighted by Gasteiger charge is 2.10. The molecule has 0 aliphatic rings. The number of carbonyl (C=O) groups is 1. The number of amides is 1. The summed E-state index contributed by atoms with van der Waals surface area (Å²) in [6.45, 7) is 4.30. The van der Waals surface area contributed by atoms with Gasteiger partial charge in [0.25, 0.3) is 5.91 Å². The van der Waals surface area contributed by atoms with E-state index < -0.39 is 0 Å². The summed E-state index contributed by atoms with van der Waals surface area (Å²) in [7, 11) is 0. The van der Waals surface area contributed by atoms with Gasteiger partial charge in [0.05, 0.1) is 5.69 Å². The average molecular weight is 354 g/mol. The van der Waals surface area contributed by atoms with E-state index in [1.807, 2.05) is 60.0 Å². The Hall–Kier alpha value is -2.11. The predicted octanol–water partition coefficient (Wildman–Crippen LogP) is 5.56. The molecule has 2 aromatic carbocycles. The average Bonchev–Trinajstić information content (AvgIpc) is 3.04. The number of hydrogen-bond acceptors (Lipinski definition) is 4. The third-order valence-corrected chi connectivity index (χ3v) is 5.06. The first-order valence-electron chi connectivity index (χ1n) is 7.71. The molecule has 5 heteroatoms. The molecular formula is C19H18N2OS2. The number of thiazole rings is 1. The van der Waals surface area contributed by atoms with E-state index in [1.54, 1.807) is 11.8 Å². The van der Waals surface area contributed by atoms with Crippen LogP contribution in [0.25, 0.3) is 11.3 Å². The second kappa shape index (κ2) is 7.64. The van der Waals surface area contributed by atoms with E-state index in [2.05, 4.69) is 24.1 Å². The van der Waals surface area contributed by atoms with E-state index in [1.165, 1.54) is 16.2 Å². The molecule has 1 aromatic heterocycles. The van der Waals surface area contributed by atoms with Crippen molar-refractivity contribution in [1.29, 1.82) is 0 Å². The lowest BCUT2D eigenvalue weighted by Crippen LogP contribution is -2.11. The third kappa shape index (κ3) is 4.24. The standard InChI is InChI=1S/C19H18N2OS2/c1-13(2)24-16-10-8-15(9-11-16)18(22)21-19-20-17(12-23-19)14-6-4-3-5-7-14/h3-13H,1-2H3,(H,20,21,22). The molecule has 0 unspecified atom stereocenters. The molecule has 122 valence electrons. The summed E-state index contributed by atoms with van der Waals surface area (Å²) >= 11 is 3.21. The molecule has 3 rings (SSSR count). The fourth-order valence-electron chi connectivity index (χ4n) is 2.20. The van der Waals surface area contributed by atoms with Gasteiger partial charge in [0.1, 0.15) is 0 Å². The molecule has 3 aromatic rings. The van der Waals surface area contributed by atoms with Crippen LogP contribution in [0.1, 0.15) is 24.2 Å². The van der Waals surface area contributed by atoms with Crippen molar-refractivity contribution in [2.45, 2.75) is 24.0 Å². The van der Waals surface area contributed by atoms with Crippen molar-refractivity contribution in [3.8, 4) is 11.3 Å². The number of anilines is 1. The topological polar surface area (TPSA) is 42.0 Å². The van der Waals surface area contributed by atoms with Crippen molar-refractivity contribution in [2.24, 2.45) is 0 Å². The van der Waals surface area contributed by atoms with E-state index >= 15 is 0 Å². The van der Waals surface area contributed by atoms with Gasteiger partial charge in [0.2, 0.25) is 0 Å². The molecule has 0 atom stereocenters. The summed E-state index contributed by atoms with van der Waals surface area (Å²) in [5, 5.41) is 5.96. The van der Waals surface area contributed by atoms with Crippen molar-refractivity contribution in [2.75, 3.05) is 5.32 Å². The second-order valence-electron chi connectivity index (χ2n) is 5.55. The number of benzene rings is 2. The maximum Gasteiger partial charge on any atom is 0.257 e. The molecule has 0 aliphatic carbocycles. The second-order valence-corrected chi connectivity index (χ2v) is 8.06. The maximum atomic E-state index is 12.3. The Morgan fingerprint density at radius 1 is 1.08 bits per heavy atom. The number of carbonyl (C=O) groups excluding carboxylic acids is 1. The van der Waals surface area contributed by atoms with Crippen molar-refractivity contribution in [3.05, 3.63) is 65.5 Å². The largest absolute Gasteiger partial charge is 0.298 e. The molecule has 0 saturated heterocycles. The number of hydrogen-bond donors (Lipinski definition) is 1. The minimum absolute atomic E-state index is 0.134. The lowest BCUT2D eigenvalue weighted by molar-refractivity contribution is 0.102. The third-order valence-electron chi connectivity index (χ3n) is 3.28. The minimum atomic E-state index is -0.134. The molecule has 24 heavy (non-hydrogen) atoms. The van der Waals surface area contributed by atoms with Crippen LogP contribution >= 0.6 is 23.1 Å². The lowest BCUT2D eigenvalue weighted by Gasteiger charge is -2.06. The van der Waals surface area contributed by atoms with Gasteiger partial charge in [-0.25, -0.2) is 4.98 Å². The van der Waals surface area contributed by atoms with Gasteiger partial charge in [-0.3, -0.25) is 10.1 Å². The van der Waals surface area contributed by atoms with Gasteiger partial charge in [-0.2, -0.15) is 0 Å². The number of thioether (sulfide) groups is 1. The molecule has 3 nitrogen and oxygen atoms in total. The van der Waals surface area contributed by atoms with Crippen molar-refractivity contribution in [3.63, 3.8) is 0 Å². The highest BCUT2D eigenvalue weighted by atomic mass is 32.2. The summed E-state index contributed by atoms with van der Waals surface area (Å²) in [5.41, 5.74) is 2.56. The summed E-state index contributed by atoms with van der Waals surface area (Å²) in [6.07, 6.45) is 0. The van der Waals surface area contributed by atoms with Crippen LogP contribution < -0.4 is 5.32 Å². The lowest BCUT2D eigenvalue weighted by atomic mass is 10.2. The Morgan fingerprint density at radius 2 is 1.79 bits per heavy atom. The van der Waals surface area contributed by atoms with Crippen LogP contribution in [-0.4, -0.2) is 16.1 Å². The molecule has 0 saturated carbocycles. The van der Waals surface area contributed by atoms with Crippen molar-refractivity contribution in [1.82, 2.24) is 4.98 Å². The number of nitrogens with one attached hydrogen (secondary N) is 1. The Balaban J connectivity index is 1.68. The molecule has 1 heterocycles.